The first-order chi connectivity index (χ1) is 5.79. The maximum atomic E-state index is 11.6. The van der Waals surface area contributed by atoms with Crippen LogP contribution in [0.5, 0.6) is 0 Å². The molecule has 1 saturated heterocycles. The van der Waals surface area contributed by atoms with E-state index in [4.69, 9.17) is 4.74 Å². The second-order valence-electron chi connectivity index (χ2n) is 3.14. The third kappa shape index (κ3) is 3.97. The van der Waals surface area contributed by atoms with E-state index in [-0.39, 0.29) is 0 Å². The van der Waals surface area contributed by atoms with Crippen LogP contribution < -0.4 is 5.32 Å². The van der Waals surface area contributed by atoms with Crippen molar-refractivity contribution in [1.82, 2.24) is 5.32 Å². The van der Waals surface area contributed by atoms with Gasteiger partial charge in [-0.25, -0.2) is 8.78 Å². The van der Waals surface area contributed by atoms with E-state index >= 15 is 0 Å². The van der Waals surface area contributed by atoms with Crippen molar-refractivity contribution in [3.05, 3.63) is 0 Å². The van der Waals surface area contributed by atoms with Crippen LogP contribution in [0.4, 0.5) is 8.78 Å². The summed E-state index contributed by atoms with van der Waals surface area (Å²) in [5, 5.41) is 3.21. The van der Waals surface area contributed by atoms with Gasteiger partial charge in [0.2, 0.25) is 0 Å². The average Bonchev–Trinajstić information content (AvgIpc) is 2.05. The van der Waals surface area contributed by atoms with Crippen LogP contribution in [0.25, 0.3) is 0 Å². The Kier molecular flexibility index (Phi) is 4.46. The quantitative estimate of drug-likeness (QED) is 0.701. The van der Waals surface area contributed by atoms with Gasteiger partial charge in [0.15, 0.2) is 0 Å². The minimum atomic E-state index is -2.33. The van der Waals surface area contributed by atoms with Crippen LogP contribution in [0.1, 0.15) is 12.8 Å². The highest BCUT2D eigenvalue weighted by molar-refractivity contribution is 4.68. The highest BCUT2D eigenvalue weighted by Gasteiger charge is 2.13. The molecule has 0 unspecified atom stereocenters. The van der Waals surface area contributed by atoms with Gasteiger partial charge in [-0.2, -0.15) is 0 Å². The van der Waals surface area contributed by atoms with Gasteiger partial charge >= 0.3 is 0 Å². The van der Waals surface area contributed by atoms with Crippen LogP contribution in [0.3, 0.4) is 0 Å². The Bertz CT molecular complexity index is 116. The summed E-state index contributed by atoms with van der Waals surface area (Å²) in [5.74, 6) is 0.428. The summed E-state index contributed by atoms with van der Waals surface area (Å²) >= 11 is 0. The number of hydrogen-bond acceptors (Lipinski definition) is 2. The lowest BCUT2D eigenvalue weighted by atomic mass is 10.0. The van der Waals surface area contributed by atoms with Crippen molar-refractivity contribution < 1.29 is 13.5 Å². The lowest BCUT2D eigenvalue weighted by Crippen LogP contribution is -2.32. The molecule has 0 aliphatic carbocycles. The molecule has 4 heteroatoms. The molecule has 12 heavy (non-hydrogen) atoms. The van der Waals surface area contributed by atoms with E-state index in [1.807, 2.05) is 0 Å². The van der Waals surface area contributed by atoms with E-state index in [2.05, 4.69) is 5.32 Å². The predicted molar refractivity (Wildman–Crippen MR) is 42.4 cm³/mol. The average molecular weight is 179 g/mol. The van der Waals surface area contributed by atoms with Crippen molar-refractivity contribution in [2.24, 2.45) is 5.92 Å². The molecular formula is C8H15F2NO. The lowest BCUT2D eigenvalue weighted by molar-refractivity contribution is 0.00109. The first kappa shape index (κ1) is 9.86. The van der Waals surface area contributed by atoms with Gasteiger partial charge < -0.3 is 10.1 Å². The molecule has 1 heterocycles. The zero-order chi connectivity index (χ0) is 8.81. The van der Waals surface area contributed by atoms with Crippen LogP contribution >= 0.6 is 0 Å². The van der Waals surface area contributed by atoms with Gasteiger partial charge in [-0.05, 0) is 25.3 Å². The zero-order valence-electron chi connectivity index (χ0n) is 7.06. The van der Waals surface area contributed by atoms with E-state index in [1.54, 1.807) is 0 Å². The van der Waals surface area contributed by atoms with E-state index < -0.39 is 13.0 Å². The third-order valence-corrected chi connectivity index (χ3v) is 2.00. The number of nitrogens with one attached hydrogen (secondary N) is 1. The summed E-state index contributed by atoms with van der Waals surface area (Å²) in [6.07, 6.45) is -0.111. The van der Waals surface area contributed by atoms with Crippen LogP contribution in [0, 0.1) is 5.92 Å². The fraction of sp³-hybridized carbons (Fsp3) is 1.00. The largest absolute Gasteiger partial charge is 0.375 e. The molecule has 0 amide bonds. The van der Waals surface area contributed by atoms with Gasteiger partial charge in [-0.1, -0.05) is 0 Å². The minimum absolute atomic E-state index is 0.420. The van der Waals surface area contributed by atoms with Crippen molar-refractivity contribution in [3.8, 4) is 0 Å². The van der Waals surface area contributed by atoms with Crippen LogP contribution in [0.2, 0.25) is 0 Å². The molecule has 0 aromatic heterocycles. The van der Waals surface area contributed by atoms with Gasteiger partial charge in [0.25, 0.3) is 6.43 Å². The number of ether oxygens (including phenoxy) is 1. The molecule has 0 saturated carbocycles. The normalized spacial score (nSPS) is 24.8. The Labute approximate surface area is 71.3 Å². The predicted octanol–water partition coefficient (Wildman–Crippen LogP) is 1.27. The summed E-state index contributed by atoms with van der Waals surface area (Å²) in [5.41, 5.74) is 0. The first-order valence-corrected chi connectivity index (χ1v) is 4.35. The number of alkyl halides is 2. The Hall–Kier alpha value is -0.220. The molecule has 1 rings (SSSR count). The fourth-order valence-electron chi connectivity index (χ4n) is 1.39. The standard InChI is InChI=1S/C8H15F2NO/c9-8(10)6-12-5-7-2-1-3-11-4-7/h7-8,11H,1-6H2/t7-/m1/s1. The lowest BCUT2D eigenvalue weighted by Gasteiger charge is -2.22. The van der Waals surface area contributed by atoms with E-state index in [0.717, 1.165) is 25.9 Å². The SMILES string of the molecule is FC(F)COC[C@@H]1CCCNC1. The smallest absolute Gasteiger partial charge is 0.261 e. The maximum absolute atomic E-state index is 11.6. The van der Waals surface area contributed by atoms with Crippen molar-refractivity contribution in [1.29, 1.82) is 0 Å². The number of hydrogen-bond donors (Lipinski definition) is 1. The summed E-state index contributed by atoms with van der Waals surface area (Å²) in [6, 6.07) is 0. The Morgan fingerprint density at radius 3 is 2.92 bits per heavy atom. The molecule has 0 bridgehead atoms. The Morgan fingerprint density at radius 2 is 2.33 bits per heavy atom. The van der Waals surface area contributed by atoms with Crippen LogP contribution in [0.15, 0.2) is 0 Å². The molecule has 0 spiro atoms. The molecule has 0 aromatic rings. The maximum Gasteiger partial charge on any atom is 0.261 e. The van der Waals surface area contributed by atoms with Crippen molar-refractivity contribution in [2.75, 3.05) is 26.3 Å². The number of rotatable bonds is 4. The zero-order valence-corrected chi connectivity index (χ0v) is 7.06. The van der Waals surface area contributed by atoms with Crippen molar-refractivity contribution in [2.45, 2.75) is 19.3 Å². The molecule has 1 aliphatic heterocycles. The van der Waals surface area contributed by atoms with Crippen molar-refractivity contribution in [3.63, 3.8) is 0 Å². The van der Waals surface area contributed by atoms with Crippen LogP contribution in [-0.2, 0) is 4.74 Å². The van der Waals surface area contributed by atoms with E-state index in [1.165, 1.54) is 0 Å². The monoisotopic (exact) mass is 179 g/mol. The molecule has 0 aromatic carbocycles. The summed E-state index contributed by atoms with van der Waals surface area (Å²) in [4.78, 5) is 0. The topological polar surface area (TPSA) is 21.3 Å². The van der Waals surface area contributed by atoms with Crippen LogP contribution in [-0.4, -0.2) is 32.7 Å². The second kappa shape index (κ2) is 5.43. The Balaban J connectivity index is 1.98. The fourth-order valence-corrected chi connectivity index (χ4v) is 1.39. The van der Waals surface area contributed by atoms with Gasteiger partial charge in [-0.15, -0.1) is 0 Å². The molecule has 72 valence electrons. The highest BCUT2D eigenvalue weighted by Crippen LogP contribution is 2.10. The Morgan fingerprint density at radius 1 is 1.50 bits per heavy atom. The molecule has 1 aliphatic rings. The van der Waals surface area contributed by atoms with Crippen molar-refractivity contribution >= 4 is 0 Å². The molecule has 0 radical (unpaired) electrons. The molecule has 2 nitrogen and oxygen atoms in total. The number of halogens is 2. The molecular weight excluding hydrogens is 164 g/mol. The first-order valence-electron chi connectivity index (χ1n) is 4.35. The second-order valence-corrected chi connectivity index (χ2v) is 3.14. The van der Waals surface area contributed by atoms with E-state index in [9.17, 15) is 8.78 Å². The molecule has 1 fully saturated rings. The number of piperidine rings is 1. The third-order valence-electron chi connectivity index (χ3n) is 2.00. The molecule has 1 atom stereocenters. The summed E-state index contributed by atoms with van der Waals surface area (Å²) in [7, 11) is 0. The van der Waals surface area contributed by atoms with Gasteiger partial charge in [-0.3, -0.25) is 0 Å². The van der Waals surface area contributed by atoms with Gasteiger partial charge in [0, 0.05) is 6.54 Å². The minimum Gasteiger partial charge on any atom is -0.375 e. The molecule has 1 N–H and O–H groups in total. The van der Waals surface area contributed by atoms with Gasteiger partial charge in [0.1, 0.15) is 6.61 Å². The highest BCUT2D eigenvalue weighted by atomic mass is 19.3. The summed E-state index contributed by atoms with van der Waals surface area (Å²) < 4.78 is 28.1. The summed E-state index contributed by atoms with van der Waals surface area (Å²) in [6.45, 7) is 2.00. The van der Waals surface area contributed by atoms with Gasteiger partial charge in [0.05, 0.1) is 6.61 Å². The van der Waals surface area contributed by atoms with E-state index in [0.29, 0.717) is 12.5 Å².